The molecule has 0 radical (unpaired) electrons. The molecule has 0 fully saturated rings. The van der Waals surface area contributed by atoms with Crippen LogP contribution in [0.15, 0.2) is 35.2 Å². The predicted molar refractivity (Wildman–Crippen MR) is 108 cm³/mol. The third kappa shape index (κ3) is 6.03. The lowest BCUT2D eigenvalue weighted by molar-refractivity contribution is -0.149. The van der Waals surface area contributed by atoms with Crippen LogP contribution >= 0.6 is 11.8 Å². The number of nitriles is 1. The van der Waals surface area contributed by atoms with Gasteiger partial charge in [-0.15, -0.1) is 0 Å². The third-order valence-corrected chi connectivity index (χ3v) is 4.54. The van der Waals surface area contributed by atoms with Gasteiger partial charge in [0.1, 0.15) is 11.2 Å². The van der Waals surface area contributed by atoms with E-state index in [9.17, 15) is 9.59 Å². The Balaban J connectivity index is 1.85. The third-order valence-electron chi connectivity index (χ3n) is 3.97. The first-order chi connectivity index (χ1) is 13.3. The molecular weight excluding hydrogens is 376 g/mol. The minimum Gasteiger partial charge on any atom is -0.482 e. The lowest BCUT2D eigenvalue weighted by Gasteiger charge is -2.13. The number of nitrogens with zero attached hydrogens (tertiary/aromatic N) is 1. The van der Waals surface area contributed by atoms with Crippen molar-refractivity contribution in [3.8, 4) is 11.2 Å². The van der Waals surface area contributed by atoms with Gasteiger partial charge >= 0.3 is 5.97 Å². The van der Waals surface area contributed by atoms with Crippen molar-refractivity contribution in [1.29, 1.82) is 5.26 Å². The molecule has 0 saturated carbocycles. The molecule has 0 saturated heterocycles. The molecule has 2 aromatic rings. The molecule has 2 rings (SSSR count). The van der Waals surface area contributed by atoms with E-state index in [0.717, 1.165) is 38.9 Å². The predicted octanol–water partition coefficient (Wildman–Crippen LogP) is 4.05. The Hall–Kier alpha value is -2.98. The first-order valence-electron chi connectivity index (χ1n) is 8.63. The maximum Gasteiger partial charge on any atom is 0.344 e. The van der Waals surface area contributed by atoms with E-state index in [0.29, 0.717) is 11.4 Å². The second-order valence-electron chi connectivity index (χ2n) is 6.39. The van der Waals surface area contributed by atoms with Gasteiger partial charge in [-0.25, -0.2) is 4.79 Å². The minimum absolute atomic E-state index is 0.269. The van der Waals surface area contributed by atoms with Gasteiger partial charge in [-0.2, -0.15) is 5.26 Å². The van der Waals surface area contributed by atoms with Crippen molar-refractivity contribution in [3.63, 3.8) is 0 Å². The molecule has 0 unspecified atom stereocenters. The molecule has 0 aliphatic heterocycles. The zero-order chi connectivity index (χ0) is 20.7. The summed E-state index contributed by atoms with van der Waals surface area (Å²) in [6.45, 7) is 6.88. The van der Waals surface area contributed by atoms with Crippen LogP contribution in [0.2, 0.25) is 0 Å². The molecule has 6 nitrogen and oxygen atoms in total. The fourth-order valence-electron chi connectivity index (χ4n) is 2.69. The van der Waals surface area contributed by atoms with Gasteiger partial charge in [0.15, 0.2) is 13.2 Å². The minimum atomic E-state index is -0.621. The van der Waals surface area contributed by atoms with Gasteiger partial charge in [-0.05, 0) is 74.3 Å². The van der Waals surface area contributed by atoms with E-state index in [2.05, 4.69) is 5.32 Å². The van der Waals surface area contributed by atoms with Crippen LogP contribution in [0.3, 0.4) is 0 Å². The molecule has 146 valence electrons. The topological polar surface area (TPSA) is 88.4 Å². The highest BCUT2D eigenvalue weighted by atomic mass is 32.2. The number of ether oxygens (including phenoxy) is 2. The number of benzene rings is 2. The number of carbonyl (C=O) groups is 2. The Morgan fingerprint density at radius 2 is 1.71 bits per heavy atom. The summed E-state index contributed by atoms with van der Waals surface area (Å²) in [7, 11) is 0. The average Bonchev–Trinajstić information content (AvgIpc) is 2.62. The maximum absolute atomic E-state index is 12.1. The van der Waals surface area contributed by atoms with Crippen molar-refractivity contribution < 1.29 is 19.1 Å². The van der Waals surface area contributed by atoms with Crippen molar-refractivity contribution >= 4 is 29.3 Å². The molecule has 0 aliphatic rings. The van der Waals surface area contributed by atoms with Crippen molar-refractivity contribution in [2.45, 2.75) is 32.6 Å². The van der Waals surface area contributed by atoms with Crippen molar-refractivity contribution in [1.82, 2.24) is 0 Å². The number of anilines is 1. The van der Waals surface area contributed by atoms with E-state index in [1.54, 1.807) is 6.07 Å². The zero-order valence-electron chi connectivity index (χ0n) is 16.3. The molecule has 1 N–H and O–H groups in total. The van der Waals surface area contributed by atoms with Crippen LogP contribution in [-0.2, 0) is 14.3 Å². The second-order valence-corrected chi connectivity index (χ2v) is 7.25. The summed E-state index contributed by atoms with van der Waals surface area (Å²) in [6, 6.07) is 9.29. The van der Waals surface area contributed by atoms with Crippen molar-refractivity contribution in [2.24, 2.45) is 0 Å². The lowest BCUT2D eigenvalue weighted by Crippen LogP contribution is -2.24. The van der Waals surface area contributed by atoms with Crippen LogP contribution < -0.4 is 10.1 Å². The van der Waals surface area contributed by atoms with Gasteiger partial charge in [-0.3, -0.25) is 4.79 Å². The van der Waals surface area contributed by atoms with Gasteiger partial charge in [0.25, 0.3) is 5.91 Å². The number of hydrogen-bond donors (Lipinski definition) is 1. The molecule has 0 bridgehead atoms. The molecule has 7 heteroatoms. The summed E-state index contributed by atoms with van der Waals surface area (Å²) >= 11 is 1.06. The van der Waals surface area contributed by atoms with Crippen molar-refractivity contribution in [3.05, 3.63) is 52.6 Å². The smallest absolute Gasteiger partial charge is 0.344 e. The Bertz CT molecular complexity index is 911. The van der Waals surface area contributed by atoms with Gasteiger partial charge in [0.05, 0.1) is 0 Å². The number of carbonyl (C=O) groups excluding carboxylic acids is 2. The number of amides is 1. The average molecular weight is 398 g/mol. The van der Waals surface area contributed by atoms with Gasteiger partial charge in [0, 0.05) is 10.6 Å². The number of hydrogen-bond acceptors (Lipinski definition) is 6. The number of nitrogens with one attached hydrogen (secondary N) is 1. The van der Waals surface area contributed by atoms with Crippen LogP contribution in [-0.4, -0.2) is 25.1 Å². The SMILES string of the molecule is Cc1ccc(OCC(=O)OCC(=O)Nc2c(C)cc(SC#N)cc2C)c(C)c1. The second kappa shape index (κ2) is 9.81. The van der Waals surface area contributed by atoms with Crippen LogP contribution in [0.25, 0.3) is 0 Å². The van der Waals surface area contributed by atoms with Gasteiger partial charge in [0.2, 0.25) is 0 Å². The summed E-state index contributed by atoms with van der Waals surface area (Å²) < 4.78 is 10.4. The highest BCUT2D eigenvalue weighted by Crippen LogP contribution is 2.27. The fraction of sp³-hybridized carbons (Fsp3) is 0.286. The van der Waals surface area contributed by atoms with E-state index in [1.165, 1.54) is 0 Å². The van der Waals surface area contributed by atoms with Gasteiger partial charge in [-0.1, -0.05) is 17.7 Å². The Morgan fingerprint density at radius 3 is 2.32 bits per heavy atom. The molecule has 2 aromatic carbocycles. The molecular formula is C21H22N2O4S. The van der Waals surface area contributed by atoms with E-state index in [-0.39, 0.29) is 6.61 Å². The molecule has 1 amide bonds. The number of thioether (sulfide) groups is 1. The van der Waals surface area contributed by atoms with E-state index < -0.39 is 18.5 Å². The largest absolute Gasteiger partial charge is 0.482 e. The van der Waals surface area contributed by atoms with Crippen molar-refractivity contribution in [2.75, 3.05) is 18.5 Å². The molecule has 0 heterocycles. The standard InChI is InChI=1S/C21H22N2O4S/c1-13-5-6-18(14(2)7-13)26-11-20(25)27-10-19(24)23-21-15(3)8-17(28-12-22)9-16(21)4/h5-9H,10-11H2,1-4H3,(H,23,24). The molecule has 0 spiro atoms. The lowest BCUT2D eigenvalue weighted by atomic mass is 10.1. The molecule has 0 aromatic heterocycles. The van der Waals surface area contributed by atoms with Crippen LogP contribution in [0.1, 0.15) is 22.3 Å². The Kier molecular flexibility index (Phi) is 7.47. The number of thiocyanates is 1. The fourth-order valence-corrected chi connectivity index (χ4v) is 3.27. The molecule has 0 atom stereocenters. The maximum atomic E-state index is 12.1. The van der Waals surface area contributed by atoms with Gasteiger partial charge < -0.3 is 14.8 Å². The summed E-state index contributed by atoms with van der Waals surface area (Å²) in [5.74, 6) is -0.454. The summed E-state index contributed by atoms with van der Waals surface area (Å²) in [5, 5.41) is 13.5. The molecule has 28 heavy (non-hydrogen) atoms. The number of esters is 1. The highest BCUT2D eigenvalue weighted by molar-refractivity contribution is 8.03. The Morgan fingerprint density at radius 1 is 1.04 bits per heavy atom. The summed E-state index contributed by atoms with van der Waals surface area (Å²) in [4.78, 5) is 24.8. The number of rotatable bonds is 7. The van der Waals surface area contributed by atoms with Crippen LogP contribution in [0.4, 0.5) is 5.69 Å². The quantitative estimate of drug-likeness (QED) is 0.430. The van der Waals surface area contributed by atoms with Crippen LogP contribution in [0, 0.1) is 38.4 Å². The monoisotopic (exact) mass is 398 g/mol. The first kappa shape index (κ1) is 21.3. The molecule has 0 aliphatic carbocycles. The van der Waals surface area contributed by atoms with E-state index in [1.807, 2.05) is 57.4 Å². The van der Waals surface area contributed by atoms with Crippen LogP contribution in [0.5, 0.6) is 5.75 Å². The summed E-state index contributed by atoms with van der Waals surface area (Å²) in [5.41, 5.74) is 4.34. The van der Waals surface area contributed by atoms with E-state index >= 15 is 0 Å². The normalized spacial score (nSPS) is 10.1. The first-order valence-corrected chi connectivity index (χ1v) is 9.44. The highest BCUT2D eigenvalue weighted by Gasteiger charge is 2.13. The number of aryl methyl sites for hydroxylation is 4. The van der Waals surface area contributed by atoms with E-state index in [4.69, 9.17) is 14.7 Å². The zero-order valence-corrected chi connectivity index (χ0v) is 17.1. The Labute approximate surface area is 168 Å². The summed E-state index contributed by atoms with van der Waals surface area (Å²) in [6.07, 6.45) is 0.